The van der Waals surface area contributed by atoms with Gasteiger partial charge < -0.3 is 10.6 Å². The van der Waals surface area contributed by atoms with Crippen molar-refractivity contribution in [1.29, 1.82) is 0 Å². The molecule has 7 unspecified atom stereocenters. The maximum atomic E-state index is 12.6. The quantitative estimate of drug-likeness (QED) is 0.381. The molecular formula is C13H19N3OS2. The number of fused-ring (bicyclic) bond motifs is 4. The smallest absolute Gasteiger partial charge is 0.154 e. The minimum atomic E-state index is -0.0355. The van der Waals surface area contributed by atoms with Crippen molar-refractivity contribution in [2.24, 2.45) is 11.8 Å². The fourth-order valence-electron chi connectivity index (χ4n) is 4.46. The first kappa shape index (κ1) is 12.6. The van der Waals surface area contributed by atoms with Gasteiger partial charge >= 0.3 is 0 Å². The Balaban J connectivity index is 1.63. The van der Waals surface area contributed by atoms with Gasteiger partial charge in [-0.3, -0.25) is 10.1 Å². The number of thiol groups is 1. The predicted octanol–water partition coefficient (Wildman–Crippen LogP) is 0.229. The first-order valence-electron chi connectivity index (χ1n) is 7.21. The molecule has 0 spiro atoms. The van der Waals surface area contributed by atoms with E-state index in [1.807, 2.05) is 0 Å². The molecule has 2 saturated heterocycles. The molecule has 6 heteroatoms. The van der Waals surface area contributed by atoms with Crippen LogP contribution in [0.2, 0.25) is 0 Å². The molecule has 4 aliphatic rings. The number of Topliss-reactive ketones (excluding diaryl/α,β-unsaturated/α-hetero) is 1. The normalized spacial score (nSPS) is 52.4. The molecule has 0 aromatic heterocycles. The zero-order chi connectivity index (χ0) is 13.1. The number of piperazine rings is 1. The predicted molar refractivity (Wildman–Crippen MR) is 80.4 cm³/mol. The van der Waals surface area contributed by atoms with Crippen LogP contribution in [0.1, 0.15) is 25.7 Å². The summed E-state index contributed by atoms with van der Waals surface area (Å²) in [5.74, 6) is 1.18. The van der Waals surface area contributed by atoms with Gasteiger partial charge in [0.1, 0.15) is 0 Å². The molecule has 104 valence electrons. The third kappa shape index (κ3) is 1.73. The molecule has 0 amide bonds. The Morgan fingerprint density at radius 3 is 2.68 bits per heavy atom. The van der Waals surface area contributed by atoms with E-state index in [2.05, 4.69) is 28.6 Å². The Morgan fingerprint density at radius 2 is 1.84 bits per heavy atom. The molecule has 0 bridgehead atoms. The van der Waals surface area contributed by atoms with Crippen molar-refractivity contribution < 1.29 is 4.79 Å². The Kier molecular flexibility index (Phi) is 2.92. The average molecular weight is 297 g/mol. The van der Waals surface area contributed by atoms with Gasteiger partial charge in [-0.2, -0.15) is 12.6 Å². The lowest BCUT2D eigenvalue weighted by molar-refractivity contribution is -0.123. The highest BCUT2D eigenvalue weighted by atomic mass is 32.1. The van der Waals surface area contributed by atoms with E-state index in [9.17, 15) is 4.79 Å². The van der Waals surface area contributed by atoms with Crippen molar-refractivity contribution in [3.8, 4) is 0 Å². The summed E-state index contributed by atoms with van der Waals surface area (Å²) in [6.07, 6.45) is 4.70. The van der Waals surface area contributed by atoms with Crippen LogP contribution in [0.4, 0.5) is 0 Å². The van der Waals surface area contributed by atoms with E-state index < -0.39 is 0 Å². The Morgan fingerprint density at radius 1 is 1.11 bits per heavy atom. The minimum absolute atomic E-state index is 0.00128. The summed E-state index contributed by atoms with van der Waals surface area (Å²) in [5, 5.41) is 10.4. The number of hydrogen-bond acceptors (Lipinski definition) is 5. The Hall–Kier alpha value is -0.170. The molecule has 2 saturated carbocycles. The van der Waals surface area contributed by atoms with Gasteiger partial charge in [0.15, 0.2) is 5.78 Å². The lowest BCUT2D eigenvalue weighted by Gasteiger charge is -2.39. The zero-order valence-electron chi connectivity index (χ0n) is 10.6. The first-order valence-corrected chi connectivity index (χ1v) is 8.13. The van der Waals surface area contributed by atoms with Gasteiger partial charge in [0.25, 0.3) is 0 Å². The highest BCUT2D eigenvalue weighted by molar-refractivity contribution is 7.82. The van der Waals surface area contributed by atoms with E-state index in [4.69, 9.17) is 12.2 Å². The number of carbonyl (C=O) groups excluding carboxylic acids is 1. The van der Waals surface area contributed by atoms with Crippen LogP contribution in [-0.2, 0) is 4.79 Å². The van der Waals surface area contributed by atoms with Gasteiger partial charge in [0.2, 0.25) is 0 Å². The largest absolute Gasteiger partial charge is 0.365 e. The summed E-state index contributed by atoms with van der Waals surface area (Å²) in [5.41, 5.74) is 0. The van der Waals surface area contributed by atoms with Gasteiger partial charge in [0.05, 0.1) is 28.5 Å². The van der Waals surface area contributed by atoms with E-state index in [1.54, 1.807) is 0 Å². The second-order valence-corrected chi connectivity index (χ2v) is 7.25. The van der Waals surface area contributed by atoms with Crippen molar-refractivity contribution >= 4 is 35.6 Å². The van der Waals surface area contributed by atoms with E-state index >= 15 is 0 Å². The van der Waals surface area contributed by atoms with Crippen LogP contribution in [0.15, 0.2) is 0 Å². The van der Waals surface area contributed by atoms with Gasteiger partial charge in [0, 0.05) is 12.0 Å². The second kappa shape index (κ2) is 4.41. The number of rotatable bonds is 0. The molecule has 2 aliphatic carbocycles. The summed E-state index contributed by atoms with van der Waals surface area (Å²) >= 11 is 9.91. The fraction of sp³-hybridized carbons (Fsp3) is 0.846. The third-order valence-corrected chi connectivity index (χ3v) is 6.15. The van der Waals surface area contributed by atoms with Gasteiger partial charge in [-0.1, -0.05) is 25.1 Å². The number of nitrogens with one attached hydrogen (secondary N) is 3. The summed E-state index contributed by atoms with van der Waals surface area (Å²) < 4.78 is 0. The van der Waals surface area contributed by atoms with Crippen molar-refractivity contribution in [2.75, 3.05) is 0 Å². The van der Waals surface area contributed by atoms with Gasteiger partial charge in [-0.05, 0) is 18.8 Å². The number of carbonyl (C=O) groups is 1. The third-order valence-electron chi connectivity index (χ3n) is 5.33. The maximum absolute atomic E-state index is 12.6. The molecule has 4 rings (SSSR count). The Bertz CT molecular complexity index is 444. The molecule has 2 aliphatic heterocycles. The topological polar surface area (TPSA) is 53.2 Å². The highest BCUT2D eigenvalue weighted by Gasteiger charge is 2.56. The van der Waals surface area contributed by atoms with Crippen LogP contribution in [0, 0.1) is 11.8 Å². The van der Waals surface area contributed by atoms with Crippen molar-refractivity contribution in [3.63, 3.8) is 0 Å². The number of hydrogen-bond donors (Lipinski definition) is 4. The monoisotopic (exact) mass is 297 g/mol. The van der Waals surface area contributed by atoms with E-state index in [0.29, 0.717) is 11.7 Å². The minimum Gasteiger partial charge on any atom is -0.365 e. The zero-order valence-corrected chi connectivity index (χ0v) is 12.3. The molecule has 4 nitrogen and oxygen atoms in total. The standard InChI is InChI=1S/C13H19N3OS2/c17-11-6-4-2-1-3-5(6)7-8(11)15-10-9(14-7)12(18)16-13(10)19/h5-10,13-15,19H,1-4H2,(H,16,18). The van der Waals surface area contributed by atoms with E-state index in [1.165, 1.54) is 19.3 Å². The molecule has 4 fully saturated rings. The van der Waals surface area contributed by atoms with Crippen molar-refractivity contribution in [3.05, 3.63) is 0 Å². The van der Waals surface area contributed by atoms with Crippen LogP contribution in [-0.4, -0.2) is 40.3 Å². The molecule has 3 N–H and O–H groups in total. The molecule has 19 heavy (non-hydrogen) atoms. The molecule has 0 aromatic rings. The Labute approximate surface area is 123 Å². The van der Waals surface area contributed by atoms with Crippen molar-refractivity contribution in [2.45, 2.75) is 55.2 Å². The van der Waals surface area contributed by atoms with E-state index in [0.717, 1.165) is 11.4 Å². The van der Waals surface area contributed by atoms with Crippen LogP contribution in [0.5, 0.6) is 0 Å². The van der Waals surface area contributed by atoms with Crippen molar-refractivity contribution in [1.82, 2.24) is 16.0 Å². The lowest BCUT2D eigenvalue weighted by atomic mass is 9.79. The maximum Gasteiger partial charge on any atom is 0.154 e. The number of ketones is 1. The van der Waals surface area contributed by atoms with Gasteiger partial charge in [-0.15, -0.1) is 0 Å². The fourth-order valence-corrected chi connectivity index (χ4v) is 5.28. The molecule has 2 heterocycles. The van der Waals surface area contributed by atoms with Crippen LogP contribution in [0.25, 0.3) is 0 Å². The molecule has 0 radical (unpaired) electrons. The average Bonchev–Trinajstić information content (AvgIpc) is 2.86. The molecule has 0 aromatic carbocycles. The second-order valence-electron chi connectivity index (χ2n) is 6.25. The van der Waals surface area contributed by atoms with Crippen LogP contribution in [0.3, 0.4) is 0 Å². The first-order chi connectivity index (χ1) is 9.16. The molecule has 7 atom stereocenters. The highest BCUT2D eigenvalue weighted by Crippen LogP contribution is 2.42. The summed E-state index contributed by atoms with van der Waals surface area (Å²) in [6, 6.07) is 0.484. The summed E-state index contributed by atoms with van der Waals surface area (Å²) in [4.78, 5) is 13.4. The van der Waals surface area contributed by atoms with Crippen LogP contribution < -0.4 is 16.0 Å². The number of thiocarbonyl (C=S) groups is 1. The lowest BCUT2D eigenvalue weighted by Crippen LogP contribution is -2.67. The summed E-state index contributed by atoms with van der Waals surface area (Å²) in [7, 11) is 0. The van der Waals surface area contributed by atoms with Gasteiger partial charge in [-0.25, -0.2) is 0 Å². The van der Waals surface area contributed by atoms with E-state index in [-0.39, 0.29) is 35.5 Å². The SMILES string of the molecule is O=C1C2CCCCC2C2NC3C(=S)NC(S)C3NC12. The molecular weight excluding hydrogens is 278 g/mol. The summed E-state index contributed by atoms with van der Waals surface area (Å²) in [6.45, 7) is 0. The van der Waals surface area contributed by atoms with Crippen LogP contribution >= 0.6 is 24.8 Å².